The Morgan fingerprint density at radius 3 is 2.62 bits per heavy atom. The molecule has 0 atom stereocenters. The minimum atomic E-state index is 0.663. The summed E-state index contributed by atoms with van der Waals surface area (Å²) in [7, 11) is 3.25. The smallest absolute Gasteiger partial charge is 0.171 e. The second kappa shape index (κ2) is 5.41. The number of nitrogens with zero attached hydrogens (tertiary/aromatic N) is 1. The fourth-order valence-electron chi connectivity index (χ4n) is 2.36. The van der Waals surface area contributed by atoms with Crippen molar-refractivity contribution in [3.05, 3.63) is 40.4 Å². The molecule has 0 aliphatic heterocycles. The van der Waals surface area contributed by atoms with Gasteiger partial charge in [0.05, 0.1) is 30.8 Å². The van der Waals surface area contributed by atoms with Crippen LogP contribution in [0.1, 0.15) is 5.56 Å². The summed E-state index contributed by atoms with van der Waals surface area (Å²) in [5.74, 6) is 2.09. The van der Waals surface area contributed by atoms with Crippen molar-refractivity contribution in [1.29, 1.82) is 0 Å². The number of nitrogens with one attached hydrogen (secondary N) is 1. The number of benzene rings is 2. The Balaban J connectivity index is 2.24. The van der Waals surface area contributed by atoms with Gasteiger partial charge in [-0.2, -0.15) is 0 Å². The van der Waals surface area contributed by atoms with Crippen molar-refractivity contribution in [2.75, 3.05) is 14.2 Å². The normalized spacial score (nSPS) is 10.9. The van der Waals surface area contributed by atoms with Gasteiger partial charge < -0.3 is 14.5 Å². The van der Waals surface area contributed by atoms with Gasteiger partial charge in [0.15, 0.2) is 11.5 Å². The largest absolute Gasteiger partial charge is 0.493 e. The van der Waals surface area contributed by atoms with E-state index < -0.39 is 0 Å². The third-order valence-electron chi connectivity index (χ3n) is 3.34. The van der Waals surface area contributed by atoms with Crippen molar-refractivity contribution < 1.29 is 9.47 Å². The molecule has 0 radical (unpaired) electrons. The maximum absolute atomic E-state index is 5.49. The number of halogens is 1. The molecule has 0 amide bonds. The van der Waals surface area contributed by atoms with E-state index >= 15 is 0 Å². The minimum absolute atomic E-state index is 0.663. The fraction of sp³-hybridized carbons (Fsp3) is 0.188. The summed E-state index contributed by atoms with van der Waals surface area (Å²) in [6.07, 6.45) is 0. The summed E-state index contributed by atoms with van der Waals surface area (Å²) in [6.45, 7) is 2.06. The molecule has 5 heteroatoms. The van der Waals surface area contributed by atoms with Crippen LogP contribution in [0, 0.1) is 6.92 Å². The van der Waals surface area contributed by atoms with Crippen LogP contribution in [0.3, 0.4) is 0 Å². The Morgan fingerprint density at radius 2 is 1.90 bits per heavy atom. The first-order chi connectivity index (χ1) is 10.1. The molecule has 0 unspecified atom stereocenters. The van der Waals surface area contributed by atoms with Crippen molar-refractivity contribution in [3.63, 3.8) is 0 Å². The number of rotatable bonds is 3. The van der Waals surface area contributed by atoms with Gasteiger partial charge in [0, 0.05) is 4.47 Å². The number of aromatic amines is 1. The lowest BCUT2D eigenvalue weighted by Crippen LogP contribution is -1.94. The van der Waals surface area contributed by atoms with Crippen LogP contribution in [-0.2, 0) is 0 Å². The number of hydrogen-bond acceptors (Lipinski definition) is 3. The van der Waals surface area contributed by atoms with E-state index in [1.54, 1.807) is 14.2 Å². The predicted octanol–water partition coefficient (Wildman–Crippen LogP) is 4.32. The van der Waals surface area contributed by atoms with Crippen molar-refractivity contribution in [3.8, 4) is 22.9 Å². The standard InChI is InChI=1S/C16H15BrN2O2/c1-9-4-5-12-13(6-9)19-16(18-12)11-7-10(17)8-14(20-2)15(11)21-3/h4-8H,1-3H3,(H,18,19). The molecule has 0 spiro atoms. The average molecular weight is 347 g/mol. The molecule has 4 nitrogen and oxygen atoms in total. The van der Waals surface area contributed by atoms with Gasteiger partial charge in [0.25, 0.3) is 0 Å². The zero-order chi connectivity index (χ0) is 15.0. The summed E-state index contributed by atoms with van der Waals surface area (Å²) < 4.78 is 11.8. The summed E-state index contributed by atoms with van der Waals surface area (Å²) in [5, 5.41) is 0. The Bertz CT molecular complexity index is 811. The molecule has 2 aromatic carbocycles. The number of methoxy groups -OCH3 is 2. The monoisotopic (exact) mass is 346 g/mol. The summed E-state index contributed by atoms with van der Waals surface area (Å²) >= 11 is 3.49. The van der Waals surface area contributed by atoms with Gasteiger partial charge in [-0.05, 0) is 36.8 Å². The Kier molecular flexibility index (Phi) is 3.59. The third-order valence-corrected chi connectivity index (χ3v) is 3.79. The molecule has 21 heavy (non-hydrogen) atoms. The van der Waals surface area contributed by atoms with E-state index in [0.29, 0.717) is 11.5 Å². The summed E-state index contributed by atoms with van der Waals surface area (Å²) in [5.41, 5.74) is 3.98. The maximum Gasteiger partial charge on any atom is 0.171 e. The average Bonchev–Trinajstić information content (AvgIpc) is 2.89. The Hall–Kier alpha value is -2.01. The van der Waals surface area contributed by atoms with E-state index in [1.807, 2.05) is 24.3 Å². The van der Waals surface area contributed by atoms with Gasteiger partial charge in [-0.25, -0.2) is 4.98 Å². The lowest BCUT2D eigenvalue weighted by atomic mass is 10.1. The van der Waals surface area contributed by atoms with Crippen LogP contribution in [0.25, 0.3) is 22.4 Å². The first-order valence-corrected chi connectivity index (χ1v) is 7.30. The molecule has 0 saturated carbocycles. The number of hydrogen-bond donors (Lipinski definition) is 1. The first-order valence-electron chi connectivity index (χ1n) is 6.50. The second-order valence-corrected chi connectivity index (χ2v) is 5.71. The van der Waals surface area contributed by atoms with Gasteiger partial charge in [-0.1, -0.05) is 22.0 Å². The zero-order valence-corrected chi connectivity index (χ0v) is 13.6. The van der Waals surface area contributed by atoms with Crippen LogP contribution in [0.15, 0.2) is 34.8 Å². The number of H-pyrrole nitrogens is 1. The van der Waals surface area contributed by atoms with Gasteiger partial charge in [-0.3, -0.25) is 0 Å². The Labute approximate surface area is 131 Å². The summed E-state index contributed by atoms with van der Waals surface area (Å²) in [6, 6.07) is 9.96. The molecule has 1 heterocycles. The highest BCUT2D eigenvalue weighted by Gasteiger charge is 2.16. The number of fused-ring (bicyclic) bond motifs is 1. The maximum atomic E-state index is 5.49. The molecule has 0 fully saturated rings. The lowest BCUT2D eigenvalue weighted by Gasteiger charge is -2.11. The van der Waals surface area contributed by atoms with Crippen LogP contribution in [0.4, 0.5) is 0 Å². The molecular formula is C16H15BrN2O2. The molecular weight excluding hydrogens is 332 g/mol. The van der Waals surface area contributed by atoms with Crippen molar-refractivity contribution >= 4 is 27.0 Å². The SMILES string of the molecule is COc1cc(Br)cc(-c2nc3ccc(C)cc3[nH]2)c1OC. The highest BCUT2D eigenvalue weighted by atomic mass is 79.9. The number of aromatic nitrogens is 2. The fourth-order valence-corrected chi connectivity index (χ4v) is 2.79. The quantitative estimate of drug-likeness (QED) is 0.768. The summed E-state index contributed by atoms with van der Waals surface area (Å²) in [4.78, 5) is 7.98. The molecule has 0 aliphatic rings. The Morgan fingerprint density at radius 1 is 1.10 bits per heavy atom. The van der Waals surface area contributed by atoms with Crippen LogP contribution in [-0.4, -0.2) is 24.2 Å². The van der Waals surface area contributed by atoms with E-state index in [4.69, 9.17) is 9.47 Å². The molecule has 108 valence electrons. The molecule has 3 rings (SSSR count). The van der Waals surface area contributed by atoms with Crippen LogP contribution >= 0.6 is 15.9 Å². The van der Waals surface area contributed by atoms with Crippen LogP contribution in [0.2, 0.25) is 0 Å². The van der Waals surface area contributed by atoms with Crippen molar-refractivity contribution in [1.82, 2.24) is 9.97 Å². The van der Waals surface area contributed by atoms with Gasteiger partial charge >= 0.3 is 0 Å². The highest BCUT2D eigenvalue weighted by Crippen LogP contribution is 2.40. The lowest BCUT2D eigenvalue weighted by molar-refractivity contribution is 0.356. The van der Waals surface area contributed by atoms with Crippen LogP contribution in [0.5, 0.6) is 11.5 Å². The third kappa shape index (κ3) is 2.49. The molecule has 0 saturated heterocycles. The topological polar surface area (TPSA) is 47.1 Å². The molecule has 1 N–H and O–H groups in total. The minimum Gasteiger partial charge on any atom is -0.493 e. The highest BCUT2D eigenvalue weighted by molar-refractivity contribution is 9.10. The van der Waals surface area contributed by atoms with Gasteiger partial charge in [-0.15, -0.1) is 0 Å². The van der Waals surface area contributed by atoms with Crippen LogP contribution < -0.4 is 9.47 Å². The van der Waals surface area contributed by atoms with E-state index in [2.05, 4.69) is 38.9 Å². The van der Waals surface area contributed by atoms with Gasteiger partial charge in [0.1, 0.15) is 5.82 Å². The predicted molar refractivity (Wildman–Crippen MR) is 87.1 cm³/mol. The molecule has 0 aliphatic carbocycles. The first kappa shape index (κ1) is 13.9. The van der Waals surface area contributed by atoms with Gasteiger partial charge in [0.2, 0.25) is 0 Å². The molecule has 0 bridgehead atoms. The number of imidazole rings is 1. The molecule has 3 aromatic rings. The number of aryl methyl sites for hydroxylation is 1. The second-order valence-electron chi connectivity index (χ2n) is 4.79. The van der Waals surface area contributed by atoms with E-state index in [-0.39, 0.29) is 0 Å². The van der Waals surface area contributed by atoms with E-state index in [9.17, 15) is 0 Å². The van der Waals surface area contributed by atoms with Crippen molar-refractivity contribution in [2.45, 2.75) is 6.92 Å². The van der Waals surface area contributed by atoms with E-state index in [0.717, 1.165) is 26.9 Å². The number of ether oxygens (including phenoxy) is 2. The van der Waals surface area contributed by atoms with E-state index in [1.165, 1.54) is 5.56 Å². The molecule has 1 aromatic heterocycles. The van der Waals surface area contributed by atoms with Crippen molar-refractivity contribution in [2.24, 2.45) is 0 Å². The zero-order valence-electron chi connectivity index (χ0n) is 12.0.